The predicted molar refractivity (Wildman–Crippen MR) is 139 cm³/mol. The van der Waals surface area contributed by atoms with Gasteiger partial charge in [0.1, 0.15) is 18.1 Å². The maximum atomic E-state index is 13.3. The number of nitrogens with zero attached hydrogens (tertiary/aromatic N) is 2. The molecule has 2 aromatic rings. The Hall–Kier alpha value is -3.06. The van der Waals surface area contributed by atoms with Crippen molar-refractivity contribution >= 4 is 17.3 Å². The lowest BCUT2D eigenvalue weighted by Gasteiger charge is -2.26. The number of phenols is 1. The number of carbonyl (C=O) groups excluding carboxylic acids is 1. The monoisotopic (exact) mass is 478 g/mol. The Kier molecular flexibility index (Phi) is 7.96. The number of benzene rings is 2. The number of phenolic OH excluding ortho intramolecular Hbond substituents is 1. The normalized spacial score (nSPS) is 15.9. The number of likely N-dealkylation sites (tertiary alicyclic amines) is 1. The molecule has 2 heterocycles. The van der Waals surface area contributed by atoms with Gasteiger partial charge in [0.05, 0.1) is 5.56 Å². The summed E-state index contributed by atoms with van der Waals surface area (Å²) in [5, 5.41) is 18.9. The Labute approximate surface area is 208 Å². The number of fused-ring (bicyclic) bond motifs is 1. The fourth-order valence-electron chi connectivity index (χ4n) is 4.85. The Bertz CT molecular complexity index is 1080. The number of nitrogen functional groups attached to an aromatic ring is 1. The summed E-state index contributed by atoms with van der Waals surface area (Å²) in [6.45, 7) is 9.06. The lowest BCUT2D eigenvalue weighted by molar-refractivity contribution is 0.0748. The molecule has 0 atom stereocenters. The fraction of sp³-hybridized carbons (Fsp3) is 0.500. The Balaban J connectivity index is 1.40. The Morgan fingerprint density at radius 3 is 2.57 bits per heavy atom. The second-order valence-electron chi connectivity index (χ2n) is 10.2. The smallest absolute Gasteiger partial charge is 0.258 e. The highest BCUT2D eigenvalue weighted by Crippen LogP contribution is 2.32. The second-order valence-corrected chi connectivity index (χ2v) is 10.2. The molecular weight excluding hydrogens is 440 g/mol. The molecule has 0 saturated carbocycles. The lowest BCUT2D eigenvalue weighted by Crippen LogP contribution is -2.33. The molecule has 2 aromatic carbocycles. The lowest BCUT2D eigenvalue weighted by atomic mass is 9.97. The van der Waals surface area contributed by atoms with Crippen molar-refractivity contribution < 1.29 is 14.6 Å². The van der Waals surface area contributed by atoms with Crippen LogP contribution < -0.4 is 10.5 Å². The number of amides is 1. The van der Waals surface area contributed by atoms with Crippen LogP contribution in [0, 0.1) is 11.3 Å². The van der Waals surface area contributed by atoms with E-state index in [-0.39, 0.29) is 17.2 Å². The third-order valence-corrected chi connectivity index (χ3v) is 7.01. The molecule has 7 heteroatoms. The number of aromatic hydroxyl groups is 1. The highest BCUT2D eigenvalue weighted by atomic mass is 16.5. The first-order valence-electron chi connectivity index (χ1n) is 12.8. The van der Waals surface area contributed by atoms with Gasteiger partial charge in [-0.05, 0) is 74.0 Å². The van der Waals surface area contributed by atoms with E-state index in [1.54, 1.807) is 11.0 Å². The van der Waals surface area contributed by atoms with Gasteiger partial charge in [-0.3, -0.25) is 9.69 Å². The third kappa shape index (κ3) is 6.14. The molecule has 0 radical (unpaired) electrons. The number of nitrogens with one attached hydrogen (secondary N) is 1. The molecule has 4 N–H and O–H groups in total. The van der Waals surface area contributed by atoms with Crippen LogP contribution in [0.2, 0.25) is 0 Å². The number of hydrogen-bond acceptors (Lipinski definition) is 6. The summed E-state index contributed by atoms with van der Waals surface area (Å²) >= 11 is 0. The summed E-state index contributed by atoms with van der Waals surface area (Å²) in [5.74, 6) is 0.887. The zero-order valence-electron chi connectivity index (χ0n) is 21.0. The number of carbonyl (C=O) groups is 1. The number of ether oxygens (including phenoxy) is 1. The summed E-state index contributed by atoms with van der Waals surface area (Å²) in [5.41, 5.74) is 9.65. The minimum atomic E-state index is -0.260. The largest absolute Gasteiger partial charge is 0.507 e. The van der Waals surface area contributed by atoms with Crippen molar-refractivity contribution in [3.63, 3.8) is 0 Å². The van der Waals surface area contributed by atoms with Crippen molar-refractivity contribution in [1.82, 2.24) is 9.80 Å². The number of anilines is 1. The van der Waals surface area contributed by atoms with E-state index in [1.165, 1.54) is 25.3 Å². The van der Waals surface area contributed by atoms with Gasteiger partial charge in [-0.2, -0.15) is 0 Å². The minimum absolute atomic E-state index is 0.148. The van der Waals surface area contributed by atoms with E-state index >= 15 is 0 Å². The van der Waals surface area contributed by atoms with Crippen LogP contribution in [-0.4, -0.2) is 52.8 Å². The average Bonchev–Trinajstić information content (AvgIpc) is 3.26. The van der Waals surface area contributed by atoms with Crippen molar-refractivity contribution in [2.45, 2.75) is 59.0 Å². The maximum absolute atomic E-state index is 13.3. The summed E-state index contributed by atoms with van der Waals surface area (Å²) in [6.07, 6.45) is 5.31. The first-order valence-corrected chi connectivity index (χ1v) is 12.8. The summed E-state index contributed by atoms with van der Waals surface area (Å²) < 4.78 is 6.01. The van der Waals surface area contributed by atoms with Gasteiger partial charge < -0.3 is 25.9 Å². The van der Waals surface area contributed by atoms with Crippen LogP contribution in [-0.2, 0) is 13.1 Å². The van der Waals surface area contributed by atoms with Crippen LogP contribution >= 0.6 is 0 Å². The molecule has 0 unspecified atom stereocenters. The number of piperidine rings is 1. The SMILES string of the molecule is CC(C)CCC(=N)c1cc(C(=O)N2Cc3ccc(OCCN4CCCCC4)cc3C2)c(O)cc1N. The van der Waals surface area contributed by atoms with E-state index in [0.29, 0.717) is 49.0 Å². The van der Waals surface area contributed by atoms with Crippen molar-refractivity contribution in [1.29, 1.82) is 5.41 Å². The van der Waals surface area contributed by atoms with E-state index in [1.807, 2.05) is 18.2 Å². The van der Waals surface area contributed by atoms with Gasteiger partial charge in [0, 0.05) is 42.7 Å². The van der Waals surface area contributed by atoms with Crippen LogP contribution in [0.5, 0.6) is 11.5 Å². The topological polar surface area (TPSA) is 103 Å². The first-order chi connectivity index (χ1) is 16.8. The van der Waals surface area contributed by atoms with Gasteiger partial charge in [-0.1, -0.05) is 26.3 Å². The van der Waals surface area contributed by atoms with Crippen LogP contribution in [0.15, 0.2) is 30.3 Å². The molecule has 1 saturated heterocycles. The molecule has 7 nitrogen and oxygen atoms in total. The van der Waals surface area contributed by atoms with Crippen LogP contribution in [0.1, 0.15) is 73.0 Å². The number of hydrogen-bond donors (Lipinski definition) is 3. The molecule has 188 valence electrons. The molecule has 1 amide bonds. The maximum Gasteiger partial charge on any atom is 0.258 e. The van der Waals surface area contributed by atoms with Crippen LogP contribution in [0.4, 0.5) is 5.69 Å². The van der Waals surface area contributed by atoms with Crippen molar-refractivity contribution in [3.05, 3.63) is 52.6 Å². The molecule has 1 fully saturated rings. The van der Waals surface area contributed by atoms with Gasteiger partial charge in [0.25, 0.3) is 5.91 Å². The first kappa shape index (κ1) is 25.0. The summed E-state index contributed by atoms with van der Waals surface area (Å²) in [4.78, 5) is 17.5. The second kappa shape index (κ2) is 11.1. The molecule has 2 aliphatic rings. The fourth-order valence-corrected chi connectivity index (χ4v) is 4.85. The minimum Gasteiger partial charge on any atom is -0.507 e. The van der Waals surface area contributed by atoms with Crippen LogP contribution in [0.3, 0.4) is 0 Å². The van der Waals surface area contributed by atoms with Gasteiger partial charge in [0.15, 0.2) is 0 Å². The van der Waals surface area contributed by atoms with Crippen molar-refractivity contribution in [2.75, 3.05) is 32.0 Å². The summed E-state index contributed by atoms with van der Waals surface area (Å²) in [7, 11) is 0. The van der Waals surface area contributed by atoms with E-state index in [2.05, 4.69) is 18.7 Å². The number of rotatable bonds is 9. The average molecular weight is 479 g/mol. The number of nitrogens with two attached hydrogens (primary N) is 1. The van der Waals surface area contributed by atoms with E-state index in [0.717, 1.165) is 42.9 Å². The third-order valence-electron chi connectivity index (χ3n) is 7.01. The molecule has 0 spiro atoms. The summed E-state index contributed by atoms with van der Waals surface area (Å²) in [6, 6.07) is 8.99. The predicted octanol–water partition coefficient (Wildman–Crippen LogP) is 4.80. The van der Waals surface area contributed by atoms with Gasteiger partial charge in [-0.15, -0.1) is 0 Å². The molecule has 35 heavy (non-hydrogen) atoms. The van der Waals surface area contributed by atoms with Crippen molar-refractivity contribution in [3.8, 4) is 11.5 Å². The van der Waals surface area contributed by atoms with E-state index in [9.17, 15) is 9.90 Å². The van der Waals surface area contributed by atoms with Crippen molar-refractivity contribution in [2.24, 2.45) is 5.92 Å². The molecule has 2 aliphatic heterocycles. The van der Waals surface area contributed by atoms with E-state index in [4.69, 9.17) is 15.9 Å². The highest BCUT2D eigenvalue weighted by molar-refractivity contribution is 6.06. The molecule has 0 bridgehead atoms. The Morgan fingerprint density at radius 2 is 1.83 bits per heavy atom. The van der Waals surface area contributed by atoms with Crippen LogP contribution in [0.25, 0.3) is 0 Å². The zero-order valence-corrected chi connectivity index (χ0v) is 21.0. The highest BCUT2D eigenvalue weighted by Gasteiger charge is 2.27. The van der Waals surface area contributed by atoms with Gasteiger partial charge in [-0.25, -0.2) is 0 Å². The molecule has 0 aliphatic carbocycles. The van der Waals surface area contributed by atoms with Gasteiger partial charge >= 0.3 is 0 Å². The van der Waals surface area contributed by atoms with Gasteiger partial charge in [0.2, 0.25) is 0 Å². The molecule has 4 rings (SSSR count). The molecule has 0 aromatic heterocycles. The van der Waals surface area contributed by atoms with E-state index < -0.39 is 0 Å². The zero-order chi connectivity index (χ0) is 24.9. The standard InChI is InChI=1S/C28H38N4O3/c1-19(2)6-9-25(29)23-15-24(27(33)16-26(23)30)28(34)32-17-20-7-8-22(14-21(20)18-32)35-13-12-31-10-4-3-5-11-31/h7-8,14-16,19,29,33H,3-6,9-13,17-18,30H2,1-2H3. The Morgan fingerprint density at radius 1 is 1.09 bits per heavy atom. The molecular formula is C28H38N4O3. The quantitative estimate of drug-likeness (QED) is 0.355.